The maximum absolute atomic E-state index is 12.9. The zero-order valence-corrected chi connectivity index (χ0v) is 10.1. The monoisotopic (exact) mass is 223 g/mol. The van der Waals surface area contributed by atoms with Crippen molar-refractivity contribution in [1.82, 2.24) is 4.90 Å². The molecule has 0 N–H and O–H groups in total. The third-order valence-electron chi connectivity index (χ3n) is 2.76. The lowest BCUT2D eigenvalue weighted by Gasteiger charge is -2.35. The molecule has 0 spiro atoms. The van der Waals surface area contributed by atoms with Gasteiger partial charge in [-0.05, 0) is 31.8 Å². The van der Waals surface area contributed by atoms with E-state index in [-0.39, 0.29) is 0 Å². The number of nitrogens with zero attached hydrogens (tertiary/aromatic N) is 1. The van der Waals surface area contributed by atoms with Crippen LogP contribution in [0.3, 0.4) is 0 Å². The molecular weight excluding hydrogens is 203 g/mol. The van der Waals surface area contributed by atoms with Crippen LogP contribution in [0.4, 0.5) is 8.78 Å². The summed E-state index contributed by atoms with van der Waals surface area (Å²) in [6, 6.07) is 0. The Morgan fingerprint density at radius 2 is 1.86 bits per heavy atom. The van der Waals surface area contributed by atoms with E-state index in [1.807, 2.05) is 0 Å². The number of rotatable bonds is 3. The molecule has 14 heavy (non-hydrogen) atoms. The molecule has 0 aromatic carbocycles. The van der Waals surface area contributed by atoms with Gasteiger partial charge >= 0.3 is 0 Å². The molecule has 1 aliphatic heterocycles. The lowest BCUT2D eigenvalue weighted by atomic mass is 9.96. The number of likely N-dealkylation sites (tertiary alicyclic amines) is 1. The molecule has 1 aliphatic rings. The van der Waals surface area contributed by atoms with E-state index in [1.165, 1.54) is 0 Å². The molecular formula is C10H20F2NP. The number of hydrogen-bond donors (Lipinski definition) is 0. The Bertz CT molecular complexity index is 171. The molecule has 1 heterocycles. The van der Waals surface area contributed by atoms with Crippen LogP contribution in [0.15, 0.2) is 0 Å². The van der Waals surface area contributed by atoms with Crippen molar-refractivity contribution < 1.29 is 8.78 Å². The quantitative estimate of drug-likeness (QED) is 0.665. The number of alkyl halides is 2. The van der Waals surface area contributed by atoms with E-state index in [9.17, 15) is 8.78 Å². The van der Waals surface area contributed by atoms with Crippen LogP contribution in [0, 0.1) is 11.8 Å². The second-order valence-electron chi connectivity index (χ2n) is 4.64. The molecule has 0 aromatic heterocycles. The summed E-state index contributed by atoms with van der Waals surface area (Å²) in [5, 5.41) is 0. The molecule has 1 rings (SSSR count). The van der Waals surface area contributed by atoms with Crippen LogP contribution < -0.4 is 0 Å². The van der Waals surface area contributed by atoms with Crippen molar-refractivity contribution in [3.05, 3.63) is 0 Å². The van der Waals surface area contributed by atoms with E-state index in [0.29, 0.717) is 18.8 Å². The molecule has 4 heteroatoms. The predicted molar refractivity (Wildman–Crippen MR) is 58.7 cm³/mol. The van der Waals surface area contributed by atoms with Crippen LogP contribution in [0.5, 0.6) is 0 Å². The van der Waals surface area contributed by atoms with Crippen molar-refractivity contribution in [2.45, 2.75) is 32.4 Å². The van der Waals surface area contributed by atoms with Gasteiger partial charge in [0.15, 0.2) is 0 Å². The zero-order chi connectivity index (χ0) is 10.8. The second-order valence-corrected chi connectivity index (χ2v) is 5.41. The Morgan fingerprint density at radius 1 is 1.36 bits per heavy atom. The van der Waals surface area contributed by atoms with Gasteiger partial charge in [0.1, 0.15) is 0 Å². The maximum Gasteiger partial charge on any atom is 0.261 e. The number of piperidine rings is 1. The number of hydrogen-bond acceptors (Lipinski definition) is 1. The summed E-state index contributed by atoms with van der Waals surface area (Å²) in [7, 11) is 1.68. The van der Waals surface area contributed by atoms with E-state index in [0.717, 1.165) is 19.6 Å². The van der Waals surface area contributed by atoms with Gasteiger partial charge in [0.05, 0.1) is 0 Å². The summed E-state index contributed by atoms with van der Waals surface area (Å²) in [5.41, 5.74) is -2.57. The van der Waals surface area contributed by atoms with Crippen LogP contribution in [0.25, 0.3) is 0 Å². The van der Waals surface area contributed by atoms with Gasteiger partial charge in [0.25, 0.3) is 5.66 Å². The Labute approximate surface area is 87.4 Å². The van der Waals surface area contributed by atoms with Gasteiger partial charge in [0, 0.05) is 12.5 Å². The van der Waals surface area contributed by atoms with E-state index in [2.05, 4.69) is 18.7 Å². The van der Waals surface area contributed by atoms with Crippen LogP contribution in [0.1, 0.15) is 26.7 Å². The highest BCUT2D eigenvalue weighted by molar-refractivity contribution is 7.18. The van der Waals surface area contributed by atoms with E-state index in [1.54, 1.807) is 9.24 Å². The first kappa shape index (κ1) is 12.3. The summed E-state index contributed by atoms with van der Waals surface area (Å²) in [4.78, 5) is 2.29. The van der Waals surface area contributed by atoms with Crippen LogP contribution in [-0.2, 0) is 0 Å². The summed E-state index contributed by atoms with van der Waals surface area (Å²) in [6.07, 6.45) is 1.26. The van der Waals surface area contributed by atoms with Gasteiger partial charge in [0.2, 0.25) is 0 Å². The molecule has 84 valence electrons. The summed E-state index contributed by atoms with van der Waals surface area (Å²) >= 11 is 0. The molecule has 1 atom stereocenters. The molecule has 0 amide bonds. The topological polar surface area (TPSA) is 3.24 Å². The lowest BCUT2D eigenvalue weighted by Crippen LogP contribution is -2.39. The van der Waals surface area contributed by atoms with E-state index >= 15 is 0 Å². The first-order valence-corrected chi connectivity index (χ1v) is 5.86. The van der Waals surface area contributed by atoms with Crippen molar-refractivity contribution in [1.29, 1.82) is 0 Å². The highest BCUT2D eigenvalue weighted by Gasteiger charge is 2.36. The second kappa shape index (κ2) is 4.85. The summed E-state index contributed by atoms with van der Waals surface area (Å²) in [5.74, 6) is 0.193. The molecule has 0 aliphatic carbocycles. The normalized spacial score (nSPS) is 21.9. The van der Waals surface area contributed by atoms with E-state index in [4.69, 9.17) is 0 Å². The van der Waals surface area contributed by atoms with Gasteiger partial charge in [-0.15, -0.1) is 0 Å². The van der Waals surface area contributed by atoms with Crippen molar-refractivity contribution in [2.24, 2.45) is 11.8 Å². The fourth-order valence-corrected chi connectivity index (χ4v) is 2.35. The fraction of sp³-hybridized carbons (Fsp3) is 1.00. The van der Waals surface area contributed by atoms with Crippen LogP contribution >= 0.6 is 9.24 Å². The highest BCUT2D eigenvalue weighted by Crippen LogP contribution is 2.38. The Hall–Kier alpha value is 0.250. The minimum atomic E-state index is -2.57. The Morgan fingerprint density at radius 3 is 2.21 bits per heavy atom. The minimum absolute atomic E-state index is 0.434. The molecule has 0 saturated carbocycles. The predicted octanol–water partition coefficient (Wildman–Crippen LogP) is 2.82. The third-order valence-corrected chi connectivity index (χ3v) is 3.23. The van der Waals surface area contributed by atoms with Gasteiger partial charge in [-0.2, -0.15) is 0 Å². The van der Waals surface area contributed by atoms with Crippen molar-refractivity contribution in [3.63, 3.8) is 0 Å². The molecule has 0 bridgehead atoms. The van der Waals surface area contributed by atoms with Crippen molar-refractivity contribution in [2.75, 3.05) is 19.6 Å². The lowest BCUT2D eigenvalue weighted by molar-refractivity contribution is 0.00105. The van der Waals surface area contributed by atoms with Crippen LogP contribution in [0.2, 0.25) is 0 Å². The minimum Gasteiger partial charge on any atom is -0.303 e. The first-order chi connectivity index (χ1) is 6.39. The van der Waals surface area contributed by atoms with Gasteiger partial charge < -0.3 is 4.90 Å². The van der Waals surface area contributed by atoms with Gasteiger partial charge in [-0.25, -0.2) is 8.78 Å². The standard InChI is InChI=1S/C10H20F2NP/c1-8(2)7-13-5-3-9(4-6-13)10(11,12)14/h8-9H,3-7,14H2,1-2H3. The smallest absolute Gasteiger partial charge is 0.261 e. The van der Waals surface area contributed by atoms with E-state index < -0.39 is 11.6 Å². The number of halogens is 2. The van der Waals surface area contributed by atoms with Gasteiger partial charge in [-0.3, -0.25) is 0 Å². The SMILES string of the molecule is CC(C)CN1CCC(C(F)(F)P)CC1. The molecule has 1 fully saturated rings. The van der Waals surface area contributed by atoms with Crippen molar-refractivity contribution >= 4 is 9.24 Å². The first-order valence-electron chi connectivity index (χ1n) is 5.28. The zero-order valence-electron chi connectivity index (χ0n) is 8.97. The highest BCUT2D eigenvalue weighted by atomic mass is 31.0. The molecule has 1 nitrogen and oxygen atoms in total. The average molecular weight is 223 g/mol. The molecule has 0 aromatic rings. The molecule has 1 saturated heterocycles. The maximum atomic E-state index is 12.9. The summed E-state index contributed by atoms with van der Waals surface area (Å²) in [6.45, 7) is 7.02. The molecule has 1 unspecified atom stereocenters. The Kier molecular flexibility index (Phi) is 4.27. The molecule has 0 radical (unpaired) electrons. The Balaban J connectivity index is 2.31. The third kappa shape index (κ3) is 3.78. The fourth-order valence-electron chi connectivity index (χ4n) is 2.02. The van der Waals surface area contributed by atoms with Gasteiger partial charge in [-0.1, -0.05) is 23.1 Å². The summed E-state index contributed by atoms with van der Waals surface area (Å²) < 4.78 is 25.9. The van der Waals surface area contributed by atoms with Crippen LogP contribution in [-0.4, -0.2) is 30.2 Å². The largest absolute Gasteiger partial charge is 0.303 e. The van der Waals surface area contributed by atoms with Crippen molar-refractivity contribution in [3.8, 4) is 0 Å². The average Bonchev–Trinajstić information content (AvgIpc) is 2.02.